The van der Waals surface area contributed by atoms with Crippen LogP contribution in [-0.4, -0.2) is 31.7 Å². The quantitative estimate of drug-likeness (QED) is 0.938. The van der Waals surface area contributed by atoms with E-state index in [4.69, 9.17) is 5.11 Å². The molecule has 0 spiro atoms. The van der Waals surface area contributed by atoms with Crippen molar-refractivity contribution in [2.75, 3.05) is 0 Å². The Morgan fingerprint density at radius 3 is 2.70 bits per heavy atom. The maximum absolute atomic E-state index is 12.6. The molecule has 2 aliphatic rings. The summed E-state index contributed by atoms with van der Waals surface area (Å²) in [6.45, 7) is 1.85. The average Bonchev–Trinajstić information content (AvgIpc) is 3.07. The van der Waals surface area contributed by atoms with Crippen molar-refractivity contribution in [3.05, 3.63) is 52.8 Å². The van der Waals surface area contributed by atoms with Gasteiger partial charge in [-0.2, -0.15) is 5.10 Å². The minimum absolute atomic E-state index is 0.0554. The highest BCUT2D eigenvalue weighted by molar-refractivity contribution is 5.94. The topological polar surface area (TPSA) is 75.4 Å². The Kier molecular flexibility index (Phi) is 3.18. The van der Waals surface area contributed by atoms with E-state index in [1.807, 2.05) is 10.9 Å². The zero-order valence-electron chi connectivity index (χ0n) is 12.6. The molecule has 118 valence electrons. The predicted octanol–water partition coefficient (Wildman–Crippen LogP) is 2.15. The number of nitrogens with zero attached hydrogens (tertiary/aromatic N) is 3. The summed E-state index contributed by atoms with van der Waals surface area (Å²) in [7, 11) is 0. The monoisotopic (exact) mass is 311 g/mol. The van der Waals surface area contributed by atoms with Gasteiger partial charge in [-0.3, -0.25) is 9.48 Å². The van der Waals surface area contributed by atoms with E-state index in [9.17, 15) is 9.59 Å². The number of rotatable bonds is 4. The summed E-state index contributed by atoms with van der Waals surface area (Å²) in [6, 6.07) is 5.03. The number of aromatic carboxylic acids is 1. The molecule has 1 aliphatic heterocycles. The Morgan fingerprint density at radius 2 is 1.96 bits per heavy atom. The largest absolute Gasteiger partial charge is 0.478 e. The number of benzene rings is 1. The first-order valence-corrected chi connectivity index (χ1v) is 7.77. The molecular weight excluding hydrogens is 294 g/mol. The van der Waals surface area contributed by atoms with Crippen molar-refractivity contribution in [1.82, 2.24) is 14.7 Å². The van der Waals surface area contributed by atoms with Gasteiger partial charge in [0.05, 0.1) is 17.3 Å². The minimum Gasteiger partial charge on any atom is -0.478 e. The van der Waals surface area contributed by atoms with Crippen molar-refractivity contribution in [2.45, 2.75) is 32.5 Å². The Hall–Kier alpha value is -2.63. The maximum Gasteiger partial charge on any atom is 0.335 e. The van der Waals surface area contributed by atoms with Crippen LogP contribution in [0.3, 0.4) is 0 Å². The Morgan fingerprint density at radius 1 is 1.17 bits per heavy atom. The van der Waals surface area contributed by atoms with Crippen molar-refractivity contribution in [3.63, 3.8) is 0 Å². The van der Waals surface area contributed by atoms with Gasteiger partial charge in [0.2, 0.25) is 0 Å². The molecule has 1 N–H and O–H groups in total. The number of carbonyl (C=O) groups excluding carboxylic acids is 1. The second-order valence-electron chi connectivity index (χ2n) is 6.34. The first-order chi connectivity index (χ1) is 11.1. The van der Waals surface area contributed by atoms with Crippen LogP contribution < -0.4 is 0 Å². The number of aromatic nitrogens is 2. The molecule has 0 radical (unpaired) electrons. The average molecular weight is 311 g/mol. The molecule has 2 heterocycles. The summed E-state index contributed by atoms with van der Waals surface area (Å²) in [5, 5.41) is 13.3. The van der Waals surface area contributed by atoms with Gasteiger partial charge < -0.3 is 10.0 Å². The van der Waals surface area contributed by atoms with Crippen molar-refractivity contribution >= 4 is 11.9 Å². The number of hydrogen-bond donors (Lipinski definition) is 1. The molecule has 4 rings (SSSR count). The van der Waals surface area contributed by atoms with Gasteiger partial charge in [-0.25, -0.2) is 4.79 Å². The number of amides is 1. The van der Waals surface area contributed by atoms with Crippen LogP contribution in [0.2, 0.25) is 0 Å². The van der Waals surface area contributed by atoms with Crippen LogP contribution >= 0.6 is 0 Å². The third-order valence-electron chi connectivity index (χ3n) is 4.49. The van der Waals surface area contributed by atoms with E-state index in [2.05, 4.69) is 5.10 Å². The van der Waals surface area contributed by atoms with Crippen molar-refractivity contribution in [1.29, 1.82) is 0 Å². The lowest BCUT2D eigenvalue weighted by atomic mass is 10.1. The summed E-state index contributed by atoms with van der Waals surface area (Å²) in [4.78, 5) is 25.4. The molecule has 0 saturated heterocycles. The number of fused-ring (bicyclic) bond motifs is 1. The second-order valence-corrected chi connectivity index (χ2v) is 6.34. The fraction of sp³-hybridized carbons (Fsp3) is 0.353. The van der Waals surface area contributed by atoms with Crippen LogP contribution in [0.4, 0.5) is 0 Å². The Labute approximate surface area is 133 Å². The molecule has 6 heteroatoms. The molecule has 1 fully saturated rings. The molecular formula is C17H17N3O3. The molecule has 0 bridgehead atoms. The zero-order valence-corrected chi connectivity index (χ0v) is 12.6. The number of carboxylic acid groups (broad SMARTS) is 1. The van der Waals surface area contributed by atoms with Crippen molar-refractivity contribution in [2.24, 2.45) is 5.92 Å². The van der Waals surface area contributed by atoms with Gasteiger partial charge in [0, 0.05) is 25.8 Å². The smallest absolute Gasteiger partial charge is 0.335 e. The van der Waals surface area contributed by atoms with Crippen molar-refractivity contribution < 1.29 is 14.7 Å². The first-order valence-electron chi connectivity index (χ1n) is 7.77. The van der Waals surface area contributed by atoms with Gasteiger partial charge in [-0.1, -0.05) is 6.07 Å². The van der Waals surface area contributed by atoms with E-state index < -0.39 is 5.97 Å². The van der Waals surface area contributed by atoms with E-state index in [1.165, 1.54) is 12.8 Å². The molecule has 1 saturated carbocycles. The molecule has 6 nitrogen and oxygen atoms in total. The molecule has 1 aliphatic carbocycles. The Balaban J connectivity index is 1.49. The van der Waals surface area contributed by atoms with Gasteiger partial charge in [0.1, 0.15) is 0 Å². The summed E-state index contributed by atoms with van der Waals surface area (Å²) in [6.07, 6.45) is 5.93. The van der Waals surface area contributed by atoms with Crippen LogP contribution in [0, 0.1) is 5.92 Å². The molecule has 1 aromatic carbocycles. The van der Waals surface area contributed by atoms with Crippen molar-refractivity contribution in [3.8, 4) is 0 Å². The third-order valence-corrected chi connectivity index (χ3v) is 4.49. The van der Waals surface area contributed by atoms with Gasteiger partial charge in [0.25, 0.3) is 5.91 Å². The van der Waals surface area contributed by atoms with Crippen LogP contribution in [-0.2, 0) is 19.6 Å². The maximum atomic E-state index is 12.6. The lowest BCUT2D eigenvalue weighted by Gasteiger charge is -2.13. The molecule has 23 heavy (non-hydrogen) atoms. The fourth-order valence-electron chi connectivity index (χ4n) is 2.99. The van der Waals surface area contributed by atoms with Crippen LogP contribution in [0.1, 0.15) is 44.7 Å². The molecule has 0 unspecified atom stereocenters. The summed E-state index contributed by atoms with van der Waals surface area (Å²) < 4.78 is 1.84. The van der Waals surface area contributed by atoms with Gasteiger partial charge >= 0.3 is 5.97 Å². The lowest BCUT2D eigenvalue weighted by molar-refractivity contribution is 0.0696. The third kappa shape index (κ3) is 2.72. The minimum atomic E-state index is -0.945. The standard InChI is InChI=1S/C17H17N3O3/c21-16(15-6-18-20(10-15)7-11-1-2-11)19-8-13-4-3-12(17(22)23)5-14(13)9-19/h3-6,10-11H,1-2,7-9H2,(H,22,23). The summed E-state index contributed by atoms with van der Waals surface area (Å²) in [5.74, 6) is -0.289. The highest BCUT2D eigenvalue weighted by Crippen LogP contribution is 2.30. The lowest BCUT2D eigenvalue weighted by Crippen LogP contribution is -2.24. The van der Waals surface area contributed by atoms with E-state index in [1.54, 1.807) is 29.3 Å². The van der Waals surface area contributed by atoms with E-state index in [0.29, 0.717) is 24.6 Å². The van der Waals surface area contributed by atoms with E-state index in [-0.39, 0.29) is 11.5 Å². The highest BCUT2D eigenvalue weighted by Gasteiger charge is 2.27. The van der Waals surface area contributed by atoms with Gasteiger partial charge in [-0.05, 0) is 42.0 Å². The number of carbonyl (C=O) groups is 2. The molecule has 1 amide bonds. The second kappa shape index (κ2) is 5.22. The van der Waals surface area contributed by atoms with Crippen LogP contribution in [0.25, 0.3) is 0 Å². The van der Waals surface area contributed by atoms with E-state index in [0.717, 1.165) is 17.7 Å². The zero-order chi connectivity index (χ0) is 16.0. The molecule has 2 aromatic rings. The van der Waals surface area contributed by atoms with Gasteiger partial charge in [-0.15, -0.1) is 0 Å². The number of carboxylic acids is 1. The van der Waals surface area contributed by atoms with Crippen LogP contribution in [0.5, 0.6) is 0 Å². The fourth-order valence-corrected chi connectivity index (χ4v) is 2.99. The predicted molar refractivity (Wildman–Crippen MR) is 81.9 cm³/mol. The number of hydrogen-bond acceptors (Lipinski definition) is 3. The van der Waals surface area contributed by atoms with E-state index >= 15 is 0 Å². The van der Waals surface area contributed by atoms with Crippen LogP contribution in [0.15, 0.2) is 30.6 Å². The molecule has 0 atom stereocenters. The summed E-state index contributed by atoms with van der Waals surface area (Å²) >= 11 is 0. The Bertz CT molecular complexity index is 792. The van der Waals surface area contributed by atoms with Gasteiger partial charge in [0.15, 0.2) is 0 Å². The normalized spacial score (nSPS) is 16.4. The SMILES string of the molecule is O=C(O)c1ccc2c(c1)CN(C(=O)c1cnn(CC3CC3)c1)C2. The molecule has 1 aromatic heterocycles. The highest BCUT2D eigenvalue weighted by atomic mass is 16.4. The summed E-state index contributed by atoms with van der Waals surface area (Å²) in [5.41, 5.74) is 2.77. The first kappa shape index (κ1) is 14.0.